The third kappa shape index (κ3) is 5.97. The molecule has 0 aliphatic heterocycles. The normalized spacial score (nSPS) is 11.8. The lowest BCUT2D eigenvalue weighted by molar-refractivity contribution is -0.127. The first-order valence-electron chi connectivity index (χ1n) is 5.76. The molecule has 0 aliphatic rings. The van der Waals surface area contributed by atoms with Gasteiger partial charge in [-0.25, -0.2) is 0 Å². The molecule has 17 heavy (non-hydrogen) atoms. The van der Waals surface area contributed by atoms with Crippen LogP contribution in [0.2, 0.25) is 5.02 Å². The second-order valence-corrected chi connectivity index (χ2v) is 4.65. The maximum atomic E-state index is 12.3. The highest BCUT2D eigenvalue weighted by atomic mass is 35.5. The average Bonchev–Trinajstić information content (AvgIpc) is 2.14. The molecule has 0 unspecified atom stereocenters. The number of unbranched alkanes of at least 4 members (excludes halogenated alkanes) is 2. The van der Waals surface area contributed by atoms with Gasteiger partial charge < -0.3 is 0 Å². The van der Waals surface area contributed by atoms with Gasteiger partial charge in [0.15, 0.2) is 0 Å². The van der Waals surface area contributed by atoms with Gasteiger partial charge in [0, 0.05) is 5.02 Å². The van der Waals surface area contributed by atoms with Gasteiger partial charge in [0.2, 0.25) is 0 Å². The number of benzene rings is 1. The molecule has 0 radical (unpaired) electrons. The van der Waals surface area contributed by atoms with Gasteiger partial charge in [0.1, 0.15) is 0 Å². The molecule has 0 spiro atoms. The van der Waals surface area contributed by atoms with Gasteiger partial charge in [-0.05, 0) is 36.1 Å². The van der Waals surface area contributed by atoms with Crippen LogP contribution in [0.1, 0.15) is 37.3 Å². The van der Waals surface area contributed by atoms with Crippen molar-refractivity contribution in [2.24, 2.45) is 0 Å². The van der Waals surface area contributed by atoms with Gasteiger partial charge in [0.25, 0.3) is 0 Å². The molecule has 0 saturated carbocycles. The number of rotatable bonds is 5. The van der Waals surface area contributed by atoms with Crippen molar-refractivity contribution in [2.45, 2.75) is 45.2 Å². The number of alkyl halides is 3. The lowest BCUT2D eigenvalue weighted by atomic mass is 10.0. The van der Waals surface area contributed by atoms with Crippen molar-refractivity contribution in [2.75, 3.05) is 0 Å². The molecule has 0 saturated heterocycles. The zero-order valence-electron chi connectivity index (χ0n) is 9.78. The number of hydrogen-bond acceptors (Lipinski definition) is 0. The molecule has 0 heterocycles. The Morgan fingerprint density at radius 1 is 1.06 bits per heavy atom. The van der Waals surface area contributed by atoms with Crippen molar-refractivity contribution in [3.63, 3.8) is 0 Å². The van der Waals surface area contributed by atoms with Crippen LogP contribution in [-0.4, -0.2) is 6.18 Å². The monoisotopic (exact) mass is 264 g/mol. The third-order valence-corrected chi connectivity index (χ3v) is 2.71. The van der Waals surface area contributed by atoms with Crippen molar-refractivity contribution >= 4 is 11.6 Å². The summed E-state index contributed by atoms with van der Waals surface area (Å²) < 4.78 is 36.8. The number of halogens is 4. The fourth-order valence-corrected chi connectivity index (χ4v) is 2.05. The van der Waals surface area contributed by atoms with Gasteiger partial charge in [-0.3, -0.25) is 0 Å². The summed E-state index contributed by atoms with van der Waals surface area (Å²) in [7, 11) is 0. The van der Waals surface area contributed by atoms with Gasteiger partial charge in [-0.2, -0.15) is 13.2 Å². The highest BCUT2D eigenvalue weighted by Crippen LogP contribution is 2.25. The highest BCUT2D eigenvalue weighted by Gasteiger charge is 2.27. The zero-order chi connectivity index (χ0) is 12.9. The van der Waals surface area contributed by atoms with Crippen molar-refractivity contribution in [3.05, 3.63) is 34.3 Å². The lowest BCUT2D eigenvalue weighted by Gasteiger charge is -2.09. The van der Waals surface area contributed by atoms with E-state index in [2.05, 4.69) is 6.92 Å². The van der Waals surface area contributed by atoms with Crippen LogP contribution in [0.3, 0.4) is 0 Å². The van der Waals surface area contributed by atoms with E-state index in [0.29, 0.717) is 5.02 Å². The van der Waals surface area contributed by atoms with Crippen molar-refractivity contribution < 1.29 is 13.2 Å². The van der Waals surface area contributed by atoms with Crippen molar-refractivity contribution in [3.8, 4) is 0 Å². The molecule has 4 heteroatoms. The summed E-state index contributed by atoms with van der Waals surface area (Å²) in [6, 6.07) is 4.74. The predicted octanol–water partition coefficient (Wildman–Crippen LogP) is 5.18. The minimum absolute atomic E-state index is 0.247. The number of aryl methyl sites for hydroxylation is 1. The molecule has 0 aromatic heterocycles. The molecular formula is C13H16ClF3. The van der Waals surface area contributed by atoms with E-state index in [4.69, 9.17) is 11.6 Å². The Morgan fingerprint density at radius 3 is 2.29 bits per heavy atom. The molecule has 0 N–H and O–H groups in total. The van der Waals surface area contributed by atoms with Crippen LogP contribution in [0.4, 0.5) is 13.2 Å². The molecule has 0 fully saturated rings. The standard InChI is InChI=1S/C13H16ClF3/c1-2-3-4-5-10-6-11(8-12(14)7-10)9-13(15,16)17/h6-8H,2-5,9H2,1H3. The summed E-state index contributed by atoms with van der Waals surface area (Å²) >= 11 is 5.82. The second kappa shape index (κ2) is 6.29. The third-order valence-electron chi connectivity index (χ3n) is 2.49. The SMILES string of the molecule is CCCCCc1cc(Cl)cc(CC(F)(F)F)c1. The fraction of sp³-hybridized carbons (Fsp3) is 0.538. The Hall–Kier alpha value is -0.700. The average molecular weight is 265 g/mol. The van der Waals surface area contributed by atoms with Gasteiger partial charge in [0.05, 0.1) is 6.42 Å². The molecule has 0 amide bonds. The van der Waals surface area contributed by atoms with Gasteiger partial charge in [-0.1, -0.05) is 37.4 Å². The second-order valence-electron chi connectivity index (χ2n) is 4.22. The van der Waals surface area contributed by atoms with E-state index >= 15 is 0 Å². The lowest BCUT2D eigenvalue weighted by Crippen LogP contribution is -2.11. The van der Waals surface area contributed by atoms with E-state index in [1.807, 2.05) is 0 Å². The highest BCUT2D eigenvalue weighted by molar-refractivity contribution is 6.30. The van der Waals surface area contributed by atoms with Crippen molar-refractivity contribution in [1.29, 1.82) is 0 Å². The molecule has 1 aromatic carbocycles. The Bertz CT molecular complexity index is 358. The maximum Gasteiger partial charge on any atom is 0.393 e. The molecule has 1 aromatic rings. The topological polar surface area (TPSA) is 0 Å². The summed E-state index contributed by atoms with van der Waals surface area (Å²) in [5, 5.41) is 0.387. The van der Waals surface area contributed by atoms with Crippen LogP contribution in [-0.2, 0) is 12.8 Å². The summed E-state index contributed by atoms with van der Waals surface area (Å²) in [6.07, 6.45) is -1.13. The largest absolute Gasteiger partial charge is 0.393 e. The molecule has 1 rings (SSSR count). The van der Waals surface area contributed by atoms with Crippen molar-refractivity contribution in [1.82, 2.24) is 0 Å². The minimum Gasteiger partial charge on any atom is -0.171 e. The van der Waals surface area contributed by atoms with E-state index in [1.54, 1.807) is 12.1 Å². The van der Waals surface area contributed by atoms with E-state index in [1.165, 1.54) is 6.07 Å². The zero-order valence-corrected chi connectivity index (χ0v) is 10.5. The van der Waals surface area contributed by atoms with Gasteiger partial charge >= 0.3 is 6.18 Å². The number of hydrogen-bond donors (Lipinski definition) is 0. The summed E-state index contributed by atoms with van der Waals surface area (Å²) in [5.74, 6) is 0. The summed E-state index contributed by atoms with van der Waals surface area (Å²) in [5.41, 5.74) is 1.14. The molecule has 0 bridgehead atoms. The first kappa shape index (κ1) is 14.4. The Kier molecular flexibility index (Phi) is 5.31. The Labute approximate surface area is 105 Å². The van der Waals surface area contributed by atoms with Gasteiger partial charge in [-0.15, -0.1) is 0 Å². The van der Waals surface area contributed by atoms with E-state index in [9.17, 15) is 13.2 Å². The van der Waals surface area contributed by atoms with Crippen LogP contribution in [0.5, 0.6) is 0 Å². The maximum absolute atomic E-state index is 12.3. The fourth-order valence-electron chi connectivity index (χ4n) is 1.77. The molecule has 96 valence electrons. The van der Waals surface area contributed by atoms with Crippen LogP contribution >= 0.6 is 11.6 Å². The Balaban J connectivity index is 2.72. The van der Waals surface area contributed by atoms with Crippen LogP contribution in [0, 0.1) is 0 Å². The molecule has 0 aliphatic carbocycles. The predicted molar refractivity (Wildman–Crippen MR) is 64.4 cm³/mol. The molecular weight excluding hydrogens is 249 g/mol. The minimum atomic E-state index is -4.18. The molecule has 0 atom stereocenters. The molecule has 0 nitrogen and oxygen atoms in total. The van der Waals surface area contributed by atoms with E-state index in [-0.39, 0.29) is 5.56 Å². The first-order valence-corrected chi connectivity index (χ1v) is 6.13. The Morgan fingerprint density at radius 2 is 1.71 bits per heavy atom. The van der Waals surface area contributed by atoms with Crippen LogP contribution in [0.15, 0.2) is 18.2 Å². The first-order chi connectivity index (χ1) is 7.90. The smallest absolute Gasteiger partial charge is 0.171 e. The van der Waals surface area contributed by atoms with E-state index < -0.39 is 12.6 Å². The quantitative estimate of drug-likeness (QED) is 0.643. The van der Waals surface area contributed by atoms with E-state index in [0.717, 1.165) is 31.2 Å². The van der Waals surface area contributed by atoms with Crippen LogP contribution < -0.4 is 0 Å². The van der Waals surface area contributed by atoms with Crippen LogP contribution in [0.25, 0.3) is 0 Å². The summed E-state index contributed by atoms with van der Waals surface area (Å²) in [4.78, 5) is 0. The summed E-state index contributed by atoms with van der Waals surface area (Å²) in [6.45, 7) is 2.09.